The molecule has 3 rings (SSSR count). The number of carbonyl (C=O) groups excluding carboxylic acids is 1. The normalized spacial score (nSPS) is 13.0. The third-order valence-electron chi connectivity index (χ3n) is 3.71. The average Bonchev–Trinajstić information content (AvgIpc) is 3.02. The number of hydrogen-bond acceptors (Lipinski definition) is 4. The van der Waals surface area contributed by atoms with Crippen molar-refractivity contribution in [2.24, 2.45) is 0 Å². The number of thioether (sulfide) groups is 2. The lowest BCUT2D eigenvalue weighted by Gasteiger charge is -2.15. The van der Waals surface area contributed by atoms with E-state index in [9.17, 15) is 4.79 Å². The molecule has 0 fully saturated rings. The lowest BCUT2D eigenvalue weighted by Crippen LogP contribution is -2.08. The zero-order valence-corrected chi connectivity index (χ0v) is 15.5. The molecule has 0 aromatic heterocycles. The Bertz CT molecular complexity index is 726. The minimum Gasteiger partial charge on any atom is -0.465 e. The highest BCUT2D eigenvalue weighted by atomic mass is 79.9. The maximum absolute atomic E-state index is 12.2. The predicted octanol–water partition coefficient (Wildman–Crippen LogP) is 5.27. The first-order chi connectivity index (χ1) is 10.7. The lowest BCUT2D eigenvalue weighted by molar-refractivity contribution is 0.0595. The van der Waals surface area contributed by atoms with E-state index in [1.54, 1.807) is 11.8 Å². The van der Waals surface area contributed by atoms with E-state index in [1.807, 2.05) is 30.2 Å². The highest BCUT2D eigenvalue weighted by Crippen LogP contribution is 2.44. The van der Waals surface area contributed by atoms with Crippen LogP contribution in [0.25, 0.3) is 11.1 Å². The molecule has 0 bridgehead atoms. The topological polar surface area (TPSA) is 26.3 Å². The van der Waals surface area contributed by atoms with Crippen LogP contribution in [0.1, 0.15) is 15.9 Å². The van der Waals surface area contributed by atoms with Gasteiger partial charge in [-0.25, -0.2) is 4.79 Å². The van der Waals surface area contributed by atoms with E-state index in [-0.39, 0.29) is 5.97 Å². The standard InChI is InChI=1S/C17H15BrO2S2/c1-20-17(19)15-12-7-8-22-16(12)13(9-14(15)21-2)10-3-5-11(18)6-4-10/h3-6,9H,7-8H2,1-2H3. The van der Waals surface area contributed by atoms with Crippen molar-refractivity contribution in [3.05, 3.63) is 45.9 Å². The third-order valence-corrected chi connectivity index (χ3v) is 6.16. The van der Waals surface area contributed by atoms with Gasteiger partial charge >= 0.3 is 5.97 Å². The summed E-state index contributed by atoms with van der Waals surface area (Å²) >= 11 is 6.90. The number of hydrogen-bond donors (Lipinski definition) is 0. The van der Waals surface area contributed by atoms with Crippen LogP contribution in [0.15, 0.2) is 44.6 Å². The van der Waals surface area contributed by atoms with Crippen LogP contribution in [0.2, 0.25) is 0 Å². The van der Waals surface area contributed by atoms with Crippen molar-refractivity contribution in [3.63, 3.8) is 0 Å². The predicted molar refractivity (Wildman–Crippen MR) is 97.1 cm³/mol. The Kier molecular flexibility index (Phi) is 4.85. The summed E-state index contributed by atoms with van der Waals surface area (Å²) in [5, 5.41) is 0. The van der Waals surface area contributed by atoms with E-state index >= 15 is 0 Å². The van der Waals surface area contributed by atoms with Gasteiger partial charge < -0.3 is 4.74 Å². The number of halogens is 1. The van der Waals surface area contributed by atoms with Crippen LogP contribution in [-0.4, -0.2) is 25.1 Å². The largest absolute Gasteiger partial charge is 0.465 e. The second-order valence-corrected chi connectivity index (χ2v) is 7.77. The molecule has 1 heterocycles. The van der Waals surface area contributed by atoms with Crippen LogP contribution < -0.4 is 0 Å². The van der Waals surface area contributed by atoms with Crippen LogP contribution in [0.4, 0.5) is 0 Å². The van der Waals surface area contributed by atoms with Crippen molar-refractivity contribution in [1.29, 1.82) is 0 Å². The molecule has 114 valence electrons. The molecule has 0 saturated carbocycles. The number of fused-ring (bicyclic) bond motifs is 1. The van der Waals surface area contributed by atoms with Gasteiger partial charge in [-0.15, -0.1) is 23.5 Å². The van der Waals surface area contributed by atoms with Gasteiger partial charge in [0.25, 0.3) is 0 Å². The van der Waals surface area contributed by atoms with Gasteiger partial charge in [-0.2, -0.15) is 0 Å². The second kappa shape index (κ2) is 6.69. The molecule has 0 atom stereocenters. The van der Waals surface area contributed by atoms with Crippen molar-refractivity contribution in [2.45, 2.75) is 16.2 Å². The summed E-state index contributed by atoms with van der Waals surface area (Å²) < 4.78 is 6.06. The number of rotatable bonds is 3. The molecule has 0 aliphatic carbocycles. The first-order valence-electron chi connectivity index (χ1n) is 6.86. The lowest BCUT2D eigenvalue weighted by atomic mass is 9.97. The van der Waals surface area contributed by atoms with E-state index in [4.69, 9.17) is 4.74 Å². The molecule has 0 unspecified atom stereocenters. The van der Waals surface area contributed by atoms with Gasteiger partial charge in [0.1, 0.15) is 0 Å². The molecule has 1 aliphatic heterocycles. The summed E-state index contributed by atoms with van der Waals surface area (Å²) in [7, 11) is 1.45. The van der Waals surface area contributed by atoms with Gasteiger partial charge in [-0.05, 0) is 47.6 Å². The Balaban J connectivity index is 2.23. The first-order valence-corrected chi connectivity index (χ1v) is 9.87. The van der Waals surface area contributed by atoms with Crippen molar-refractivity contribution in [2.75, 3.05) is 19.1 Å². The fourth-order valence-electron chi connectivity index (χ4n) is 2.68. The van der Waals surface area contributed by atoms with Crippen LogP contribution in [0.5, 0.6) is 0 Å². The molecule has 0 spiro atoms. The molecule has 0 amide bonds. The third kappa shape index (κ3) is 2.82. The van der Waals surface area contributed by atoms with Crippen molar-refractivity contribution < 1.29 is 9.53 Å². The minimum atomic E-state index is -0.231. The Morgan fingerprint density at radius 2 is 2.05 bits per heavy atom. The first kappa shape index (κ1) is 16.0. The molecule has 0 saturated heterocycles. The Morgan fingerprint density at radius 3 is 2.68 bits per heavy atom. The quantitative estimate of drug-likeness (QED) is 0.522. The summed E-state index contributed by atoms with van der Waals surface area (Å²) in [5.41, 5.74) is 4.28. The molecule has 5 heteroatoms. The average molecular weight is 395 g/mol. The van der Waals surface area contributed by atoms with Crippen molar-refractivity contribution >= 4 is 45.4 Å². The zero-order chi connectivity index (χ0) is 15.7. The highest BCUT2D eigenvalue weighted by molar-refractivity contribution is 9.10. The molecular weight excluding hydrogens is 380 g/mol. The number of benzene rings is 2. The van der Waals surface area contributed by atoms with Crippen LogP contribution in [0.3, 0.4) is 0 Å². The van der Waals surface area contributed by atoms with Gasteiger partial charge in [0.2, 0.25) is 0 Å². The summed E-state index contributed by atoms with van der Waals surface area (Å²) in [5.74, 6) is 0.784. The Hall–Kier alpha value is -0.910. The van der Waals surface area contributed by atoms with Gasteiger partial charge in [0, 0.05) is 20.0 Å². The van der Waals surface area contributed by atoms with Crippen molar-refractivity contribution in [3.8, 4) is 11.1 Å². The highest BCUT2D eigenvalue weighted by Gasteiger charge is 2.27. The monoisotopic (exact) mass is 394 g/mol. The van der Waals surface area contributed by atoms with Gasteiger partial charge in [0.05, 0.1) is 12.7 Å². The van der Waals surface area contributed by atoms with Gasteiger partial charge in [0.15, 0.2) is 0 Å². The maximum atomic E-state index is 12.2. The maximum Gasteiger partial charge on any atom is 0.339 e. The zero-order valence-electron chi connectivity index (χ0n) is 12.3. The van der Waals surface area contributed by atoms with E-state index in [1.165, 1.54) is 23.1 Å². The summed E-state index contributed by atoms with van der Waals surface area (Å²) in [4.78, 5) is 14.4. The summed E-state index contributed by atoms with van der Waals surface area (Å²) in [6.45, 7) is 0. The molecule has 22 heavy (non-hydrogen) atoms. The fraction of sp³-hybridized carbons (Fsp3) is 0.235. The second-order valence-electron chi connectivity index (χ2n) is 4.91. The van der Waals surface area contributed by atoms with Crippen LogP contribution >= 0.6 is 39.5 Å². The molecule has 2 aromatic carbocycles. The van der Waals surface area contributed by atoms with Gasteiger partial charge in [-0.3, -0.25) is 0 Å². The number of esters is 1. The molecule has 1 aliphatic rings. The number of ether oxygens (including phenoxy) is 1. The molecule has 2 aromatic rings. The summed E-state index contributed by atoms with van der Waals surface area (Å²) in [6.07, 6.45) is 2.92. The summed E-state index contributed by atoms with van der Waals surface area (Å²) in [6, 6.07) is 10.4. The minimum absolute atomic E-state index is 0.231. The molecular formula is C17H15BrO2S2. The van der Waals surface area contributed by atoms with E-state index in [2.05, 4.69) is 34.1 Å². The molecule has 0 N–H and O–H groups in total. The smallest absolute Gasteiger partial charge is 0.339 e. The van der Waals surface area contributed by atoms with E-state index in [0.717, 1.165) is 32.7 Å². The number of methoxy groups -OCH3 is 1. The molecule has 2 nitrogen and oxygen atoms in total. The Morgan fingerprint density at radius 1 is 1.32 bits per heavy atom. The van der Waals surface area contributed by atoms with Crippen LogP contribution in [-0.2, 0) is 11.2 Å². The fourth-order valence-corrected chi connectivity index (χ4v) is 4.81. The van der Waals surface area contributed by atoms with E-state index < -0.39 is 0 Å². The molecule has 0 radical (unpaired) electrons. The SMILES string of the molecule is COC(=O)c1c(SC)cc(-c2ccc(Br)cc2)c2c1CCS2. The van der Waals surface area contributed by atoms with E-state index in [0.29, 0.717) is 0 Å². The van der Waals surface area contributed by atoms with Gasteiger partial charge in [-0.1, -0.05) is 28.1 Å². The Labute approximate surface area is 147 Å². The number of carbonyl (C=O) groups is 1. The van der Waals surface area contributed by atoms with Crippen molar-refractivity contribution in [1.82, 2.24) is 0 Å². The van der Waals surface area contributed by atoms with Crippen LogP contribution in [0, 0.1) is 0 Å².